The third kappa shape index (κ3) is 4.27. The minimum atomic E-state index is -0.879. The Labute approximate surface area is 144 Å². The number of halogens is 1. The highest BCUT2D eigenvalue weighted by Crippen LogP contribution is 2.15. The largest absolute Gasteiger partial charge is 0.386 e. The normalized spacial score (nSPS) is 12.0. The lowest BCUT2D eigenvalue weighted by molar-refractivity contribution is 0.101. The molecule has 1 aromatic heterocycles. The average molecular weight is 340 g/mol. The van der Waals surface area contributed by atoms with Crippen molar-refractivity contribution in [2.75, 3.05) is 5.32 Å². The number of aryl methyl sites for hydroxylation is 1. The number of aliphatic hydroxyl groups excluding tert-OH is 1. The van der Waals surface area contributed by atoms with Gasteiger partial charge in [0.05, 0.1) is 12.6 Å². The zero-order valence-corrected chi connectivity index (χ0v) is 13.6. The Morgan fingerprint density at radius 1 is 1.20 bits per heavy atom. The first kappa shape index (κ1) is 16.8. The highest BCUT2D eigenvalue weighted by molar-refractivity contribution is 6.01. The minimum Gasteiger partial charge on any atom is -0.386 e. The zero-order chi connectivity index (χ0) is 17.8. The Morgan fingerprint density at radius 2 is 1.88 bits per heavy atom. The summed E-state index contributed by atoms with van der Waals surface area (Å²) in [5, 5.41) is 16.9. The number of amides is 1. The van der Waals surface area contributed by atoms with E-state index in [4.69, 9.17) is 0 Å². The van der Waals surface area contributed by atoms with E-state index in [-0.39, 0.29) is 18.2 Å². The molecule has 25 heavy (non-hydrogen) atoms. The van der Waals surface area contributed by atoms with Gasteiger partial charge in [0.25, 0.3) is 5.91 Å². The van der Waals surface area contributed by atoms with E-state index in [0.717, 1.165) is 5.56 Å². The second-order valence-corrected chi connectivity index (χ2v) is 5.68. The van der Waals surface area contributed by atoms with Crippen LogP contribution in [0.25, 0.3) is 0 Å². The number of nitrogens with zero attached hydrogens (tertiary/aromatic N) is 3. The van der Waals surface area contributed by atoms with E-state index in [1.54, 1.807) is 12.1 Å². The summed E-state index contributed by atoms with van der Waals surface area (Å²) >= 11 is 0. The maximum atomic E-state index is 12.9. The summed E-state index contributed by atoms with van der Waals surface area (Å²) < 4.78 is 14.3. The maximum absolute atomic E-state index is 12.9. The van der Waals surface area contributed by atoms with Crippen LogP contribution in [0.3, 0.4) is 0 Å². The van der Waals surface area contributed by atoms with Crippen LogP contribution >= 0.6 is 0 Å². The van der Waals surface area contributed by atoms with Gasteiger partial charge in [0.15, 0.2) is 0 Å². The van der Waals surface area contributed by atoms with Gasteiger partial charge in [-0.15, -0.1) is 5.10 Å². The number of aliphatic hydroxyl groups is 1. The van der Waals surface area contributed by atoms with Gasteiger partial charge in [-0.2, -0.15) is 0 Å². The first-order valence-electron chi connectivity index (χ1n) is 7.72. The molecule has 3 rings (SSSR count). The van der Waals surface area contributed by atoms with Gasteiger partial charge in [-0.05, 0) is 36.8 Å². The van der Waals surface area contributed by atoms with Crippen LogP contribution < -0.4 is 5.32 Å². The van der Waals surface area contributed by atoms with E-state index >= 15 is 0 Å². The molecule has 0 spiro atoms. The van der Waals surface area contributed by atoms with Crippen LogP contribution in [-0.2, 0) is 6.54 Å². The van der Waals surface area contributed by atoms with Crippen molar-refractivity contribution < 1.29 is 14.3 Å². The summed E-state index contributed by atoms with van der Waals surface area (Å²) in [5.74, 6) is -0.794. The topological polar surface area (TPSA) is 80.0 Å². The van der Waals surface area contributed by atoms with Crippen LogP contribution in [-0.4, -0.2) is 25.8 Å². The van der Waals surface area contributed by atoms with Gasteiger partial charge in [-0.25, -0.2) is 14.1 Å². The Kier molecular flexibility index (Phi) is 4.85. The van der Waals surface area contributed by atoms with Gasteiger partial charge in [0, 0.05) is 5.69 Å². The predicted octanol–water partition coefficient (Wildman–Crippen LogP) is 2.71. The Balaban J connectivity index is 1.64. The van der Waals surface area contributed by atoms with Gasteiger partial charge in [0.1, 0.15) is 12.1 Å². The Morgan fingerprint density at radius 3 is 2.56 bits per heavy atom. The Hall–Kier alpha value is -3.06. The molecule has 2 aromatic carbocycles. The summed E-state index contributed by atoms with van der Waals surface area (Å²) in [5.41, 5.74) is 2.30. The van der Waals surface area contributed by atoms with Crippen molar-refractivity contribution in [3.63, 3.8) is 0 Å². The lowest BCUT2D eigenvalue weighted by atomic mass is 10.1. The third-order valence-corrected chi connectivity index (χ3v) is 3.66. The molecule has 0 saturated carbocycles. The Bertz CT molecular complexity index is 860. The molecule has 0 unspecified atom stereocenters. The van der Waals surface area contributed by atoms with Crippen molar-refractivity contribution in [1.82, 2.24) is 14.8 Å². The molecule has 0 aliphatic heterocycles. The van der Waals surface area contributed by atoms with E-state index in [0.29, 0.717) is 11.3 Å². The van der Waals surface area contributed by atoms with Crippen molar-refractivity contribution >= 4 is 11.6 Å². The van der Waals surface area contributed by atoms with Crippen molar-refractivity contribution in [3.8, 4) is 0 Å². The summed E-state index contributed by atoms with van der Waals surface area (Å²) in [6.45, 7) is 2.07. The first-order chi connectivity index (χ1) is 12.0. The molecule has 2 N–H and O–H groups in total. The van der Waals surface area contributed by atoms with Crippen LogP contribution in [0.4, 0.5) is 10.1 Å². The molecule has 0 aliphatic rings. The molecule has 128 valence electrons. The molecule has 6 nitrogen and oxygen atoms in total. The molecule has 0 radical (unpaired) electrons. The molecule has 1 atom stereocenters. The van der Waals surface area contributed by atoms with Crippen LogP contribution in [0.1, 0.15) is 27.8 Å². The van der Waals surface area contributed by atoms with Crippen LogP contribution in [0, 0.1) is 12.7 Å². The number of carbonyl (C=O) groups is 1. The van der Waals surface area contributed by atoms with E-state index in [9.17, 15) is 14.3 Å². The summed E-state index contributed by atoms with van der Waals surface area (Å²) in [7, 11) is 0. The monoisotopic (exact) mass is 340 g/mol. The average Bonchev–Trinajstić information content (AvgIpc) is 3.06. The number of hydrogen-bond acceptors (Lipinski definition) is 4. The van der Waals surface area contributed by atoms with Gasteiger partial charge >= 0.3 is 0 Å². The molecule has 0 bridgehead atoms. The molecule has 0 fully saturated rings. The van der Waals surface area contributed by atoms with Gasteiger partial charge in [-0.1, -0.05) is 29.8 Å². The zero-order valence-electron chi connectivity index (χ0n) is 13.6. The lowest BCUT2D eigenvalue weighted by Gasteiger charge is -2.10. The molecule has 0 saturated heterocycles. The van der Waals surface area contributed by atoms with Crippen molar-refractivity contribution in [3.05, 3.63) is 77.6 Å². The highest BCUT2D eigenvalue weighted by atomic mass is 19.1. The van der Waals surface area contributed by atoms with Crippen LogP contribution in [0.15, 0.2) is 54.9 Å². The second-order valence-electron chi connectivity index (χ2n) is 5.68. The second kappa shape index (κ2) is 7.23. The third-order valence-electron chi connectivity index (χ3n) is 3.66. The molecular weight excluding hydrogens is 323 g/mol. The summed E-state index contributed by atoms with van der Waals surface area (Å²) in [6.07, 6.45) is 0.492. The minimum absolute atomic E-state index is 0.00637. The van der Waals surface area contributed by atoms with Crippen molar-refractivity contribution in [2.45, 2.75) is 19.6 Å². The molecule has 3 aromatic rings. The van der Waals surface area contributed by atoms with Crippen LogP contribution in [0.5, 0.6) is 0 Å². The summed E-state index contributed by atoms with van der Waals surface area (Å²) in [4.78, 5) is 16.1. The number of hydrogen-bond donors (Lipinski definition) is 2. The fourth-order valence-electron chi connectivity index (χ4n) is 2.28. The molecule has 7 heteroatoms. The lowest BCUT2D eigenvalue weighted by Crippen LogP contribution is -2.15. The molecular formula is C18H17FN4O2. The number of carbonyl (C=O) groups excluding carboxylic acids is 1. The fraction of sp³-hybridized carbons (Fsp3) is 0.167. The highest BCUT2D eigenvalue weighted by Gasteiger charge is 2.14. The molecule has 1 amide bonds. The van der Waals surface area contributed by atoms with E-state index in [2.05, 4.69) is 15.4 Å². The fourth-order valence-corrected chi connectivity index (χ4v) is 2.28. The van der Waals surface area contributed by atoms with Crippen LogP contribution in [0.2, 0.25) is 0 Å². The van der Waals surface area contributed by atoms with Crippen molar-refractivity contribution in [1.29, 1.82) is 0 Å². The van der Waals surface area contributed by atoms with Gasteiger partial charge < -0.3 is 10.4 Å². The van der Waals surface area contributed by atoms with Crippen molar-refractivity contribution in [2.24, 2.45) is 0 Å². The molecule has 0 aliphatic carbocycles. The van der Waals surface area contributed by atoms with Gasteiger partial charge in [0.2, 0.25) is 5.82 Å². The number of rotatable bonds is 5. The van der Waals surface area contributed by atoms with E-state index in [1.807, 2.05) is 19.1 Å². The standard InChI is InChI=1S/C18H17FN4O2/c1-12-2-8-15(9-3-12)21-18(25)17-20-11-23(22-17)10-16(24)13-4-6-14(19)7-5-13/h2-9,11,16,24H,10H2,1H3,(H,21,25)/t16-/m0/s1. The van der Waals surface area contributed by atoms with E-state index in [1.165, 1.54) is 35.3 Å². The summed E-state index contributed by atoms with van der Waals surface area (Å²) in [6, 6.07) is 12.9. The first-order valence-corrected chi connectivity index (χ1v) is 7.72. The SMILES string of the molecule is Cc1ccc(NC(=O)c2ncn(C[C@H](O)c3ccc(F)cc3)n2)cc1. The predicted molar refractivity (Wildman–Crippen MR) is 90.5 cm³/mol. The number of aromatic nitrogens is 3. The van der Waals surface area contributed by atoms with E-state index < -0.39 is 12.0 Å². The number of anilines is 1. The smallest absolute Gasteiger partial charge is 0.295 e. The quantitative estimate of drug-likeness (QED) is 0.748. The maximum Gasteiger partial charge on any atom is 0.295 e. The van der Waals surface area contributed by atoms with Gasteiger partial charge in [-0.3, -0.25) is 4.79 Å². The molecule has 1 heterocycles. The number of nitrogens with one attached hydrogen (secondary N) is 1. The number of benzene rings is 2.